The van der Waals surface area contributed by atoms with E-state index < -0.39 is 0 Å². The van der Waals surface area contributed by atoms with Crippen molar-refractivity contribution in [1.82, 2.24) is 28.7 Å². The zero-order valence-electron chi connectivity index (χ0n) is 24.7. The maximum atomic E-state index is 5.21. The molecule has 4 aromatic heterocycles. The molecular formula is C34H32CuN6S. The summed E-state index contributed by atoms with van der Waals surface area (Å²) in [6.45, 7) is 13.2. The van der Waals surface area contributed by atoms with Gasteiger partial charge < -0.3 is 9.97 Å². The van der Waals surface area contributed by atoms with Gasteiger partial charge in [-0.3, -0.25) is 0 Å². The Kier molecular flexibility index (Phi) is 7.42. The number of aryl methyl sites for hydroxylation is 2. The monoisotopic (exact) mass is 619 g/mol. The van der Waals surface area contributed by atoms with Crippen molar-refractivity contribution in [1.29, 1.82) is 0 Å². The van der Waals surface area contributed by atoms with E-state index in [0.29, 0.717) is 0 Å². The van der Waals surface area contributed by atoms with E-state index in [1.165, 1.54) is 45.1 Å². The van der Waals surface area contributed by atoms with Crippen LogP contribution >= 0.6 is 11.7 Å². The number of hydrogen-bond acceptors (Lipinski definition) is 5. The molecule has 42 heavy (non-hydrogen) atoms. The Morgan fingerprint density at radius 1 is 0.619 bits per heavy atom. The molecule has 2 aliphatic rings. The molecule has 7 rings (SSSR count). The predicted octanol–water partition coefficient (Wildman–Crippen LogP) is 8.53. The standard InChI is InChI=1S/C34H32N6S.Cu/c1-7-19-17(5)25-13-29-21(9-3)22(10-4)30(37-29)14-26-18(6)20(8-2)28(36-26)16-32-33-23(31(38-32)15-27(19)35-25)11-12-24-34(33)40-41-39-24;/h11-16H,7-10H2,1-6H3;/q-2;+2. The zero-order valence-corrected chi connectivity index (χ0v) is 26.4. The van der Waals surface area contributed by atoms with Crippen LogP contribution in [0.15, 0.2) is 36.4 Å². The third kappa shape index (κ3) is 4.27. The molecular weight excluding hydrogens is 588 g/mol. The van der Waals surface area contributed by atoms with E-state index in [-0.39, 0.29) is 17.1 Å². The van der Waals surface area contributed by atoms with Gasteiger partial charge in [-0.2, -0.15) is 8.75 Å². The first-order valence-corrected chi connectivity index (χ1v) is 15.3. The van der Waals surface area contributed by atoms with Crippen molar-refractivity contribution in [3.8, 4) is 0 Å². The van der Waals surface area contributed by atoms with Crippen molar-refractivity contribution in [2.24, 2.45) is 0 Å². The van der Waals surface area contributed by atoms with Crippen LogP contribution in [0.4, 0.5) is 0 Å². The van der Waals surface area contributed by atoms with E-state index in [9.17, 15) is 0 Å². The van der Waals surface area contributed by atoms with Gasteiger partial charge in [0, 0.05) is 0 Å². The molecule has 0 unspecified atom stereocenters. The number of aromatic nitrogens is 6. The Morgan fingerprint density at radius 2 is 1.14 bits per heavy atom. The van der Waals surface area contributed by atoms with E-state index >= 15 is 0 Å². The average molecular weight is 620 g/mol. The molecule has 0 amide bonds. The molecule has 0 spiro atoms. The third-order valence-electron chi connectivity index (χ3n) is 8.71. The van der Waals surface area contributed by atoms with Gasteiger partial charge in [0.05, 0.1) is 34.5 Å². The molecule has 1 aromatic carbocycles. The summed E-state index contributed by atoms with van der Waals surface area (Å²) in [4.78, 5) is 20.7. The van der Waals surface area contributed by atoms with Crippen molar-refractivity contribution in [3.05, 3.63) is 70.3 Å². The maximum absolute atomic E-state index is 5.21. The van der Waals surface area contributed by atoms with E-state index in [4.69, 9.17) is 19.9 Å². The molecule has 1 radical (unpaired) electrons. The van der Waals surface area contributed by atoms with E-state index in [0.717, 1.165) is 92.3 Å². The fourth-order valence-corrected chi connectivity index (χ4v) is 7.11. The summed E-state index contributed by atoms with van der Waals surface area (Å²) in [5.41, 5.74) is 17.0. The summed E-state index contributed by atoms with van der Waals surface area (Å²) in [5.74, 6) is 0. The number of fused-ring (bicyclic) bond motifs is 13. The first-order chi connectivity index (χ1) is 19.9. The maximum Gasteiger partial charge on any atom is 2.00 e. The summed E-state index contributed by atoms with van der Waals surface area (Å²) in [6.07, 6.45) is 3.63. The van der Waals surface area contributed by atoms with Crippen LogP contribution in [0.2, 0.25) is 0 Å². The van der Waals surface area contributed by atoms with Crippen molar-refractivity contribution in [3.63, 3.8) is 0 Å². The quantitative estimate of drug-likeness (QED) is 0.188. The summed E-state index contributed by atoms with van der Waals surface area (Å²) in [6, 6.07) is 12.8. The Balaban J connectivity index is 0.00000316. The topological polar surface area (TPSA) is 79.8 Å². The van der Waals surface area contributed by atoms with Crippen molar-refractivity contribution >= 4 is 77.9 Å². The third-order valence-corrected chi connectivity index (χ3v) is 9.25. The summed E-state index contributed by atoms with van der Waals surface area (Å²) in [5, 5.41) is 2.08. The van der Waals surface area contributed by atoms with Crippen LogP contribution < -0.4 is 9.97 Å². The van der Waals surface area contributed by atoms with Gasteiger partial charge in [0.1, 0.15) is 11.0 Å². The second kappa shape index (κ2) is 10.9. The molecule has 215 valence electrons. The number of rotatable bonds is 4. The first kappa shape index (κ1) is 28.5. The number of nitrogens with zero attached hydrogens (tertiary/aromatic N) is 6. The van der Waals surface area contributed by atoms with Gasteiger partial charge in [-0.15, -0.1) is 22.1 Å². The summed E-state index contributed by atoms with van der Waals surface area (Å²) >= 11 is 1.24. The van der Waals surface area contributed by atoms with Crippen molar-refractivity contribution < 1.29 is 17.1 Å². The minimum atomic E-state index is 0. The molecule has 2 aliphatic heterocycles. The van der Waals surface area contributed by atoms with Crippen LogP contribution in [0.3, 0.4) is 0 Å². The van der Waals surface area contributed by atoms with Gasteiger partial charge in [0.2, 0.25) is 0 Å². The Labute approximate surface area is 260 Å². The van der Waals surface area contributed by atoms with Crippen molar-refractivity contribution in [2.75, 3.05) is 0 Å². The number of benzene rings is 1. The van der Waals surface area contributed by atoms with Gasteiger partial charge in [0.25, 0.3) is 0 Å². The van der Waals surface area contributed by atoms with Crippen LogP contribution in [-0.2, 0) is 29.9 Å². The summed E-state index contributed by atoms with van der Waals surface area (Å²) in [7, 11) is 0. The van der Waals surface area contributed by atoms with E-state index in [1.54, 1.807) is 0 Å². The Hall–Kier alpha value is -3.58. The van der Waals surface area contributed by atoms with Crippen LogP contribution in [0.25, 0.3) is 66.2 Å². The minimum Gasteiger partial charge on any atom is -0.657 e. The molecule has 8 heteroatoms. The fraction of sp³-hybridized carbons (Fsp3) is 0.294. The molecule has 8 bridgehead atoms. The van der Waals surface area contributed by atoms with Gasteiger partial charge in [-0.25, -0.2) is 9.97 Å². The second-order valence-electron chi connectivity index (χ2n) is 10.8. The molecule has 5 aromatic rings. The van der Waals surface area contributed by atoms with E-state index in [1.807, 2.05) is 6.07 Å². The minimum absolute atomic E-state index is 0. The SMILES string of the molecule is CCC1=C(C)c2cc3[n-]c(cc4nc(cc5[n-]c(cc1n2)c1ccc2nsnc2c51)C(CC)=C4C)c(CC)c3CC.[Cu+2]. The number of hydrogen-bond donors (Lipinski definition) is 0. The molecule has 6 nitrogen and oxygen atoms in total. The molecule has 0 fully saturated rings. The van der Waals surface area contributed by atoms with Crippen LogP contribution in [0.1, 0.15) is 88.3 Å². The molecule has 0 atom stereocenters. The molecule has 0 saturated carbocycles. The van der Waals surface area contributed by atoms with Gasteiger partial charge >= 0.3 is 17.1 Å². The van der Waals surface area contributed by atoms with Crippen LogP contribution in [-0.4, -0.2) is 18.7 Å². The average Bonchev–Trinajstić information content (AvgIpc) is 3.76. The summed E-state index contributed by atoms with van der Waals surface area (Å²) < 4.78 is 9.20. The van der Waals surface area contributed by atoms with E-state index in [2.05, 4.69) is 80.6 Å². The molecule has 0 aliphatic carbocycles. The smallest absolute Gasteiger partial charge is 0.657 e. The first-order valence-electron chi connectivity index (χ1n) is 14.6. The Bertz CT molecular complexity index is 2120. The van der Waals surface area contributed by atoms with Crippen LogP contribution in [0, 0.1) is 0 Å². The normalized spacial score (nSPS) is 13.5. The van der Waals surface area contributed by atoms with Crippen LogP contribution in [0.5, 0.6) is 0 Å². The molecule has 0 N–H and O–H groups in total. The van der Waals surface area contributed by atoms with Gasteiger partial charge in [-0.05, 0) is 78.7 Å². The molecule has 6 heterocycles. The predicted molar refractivity (Wildman–Crippen MR) is 172 cm³/mol. The van der Waals surface area contributed by atoms with Gasteiger partial charge in [-0.1, -0.05) is 69.2 Å². The second-order valence-corrected chi connectivity index (χ2v) is 11.3. The Morgan fingerprint density at radius 3 is 1.69 bits per heavy atom. The van der Waals surface area contributed by atoms with Crippen molar-refractivity contribution in [2.45, 2.75) is 67.2 Å². The van der Waals surface area contributed by atoms with Gasteiger partial charge in [0.15, 0.2) is 0 Å². The largest absolute Gasteiger partial charge is 2.00 e. The zero-order chi connectivity index (χ0) is 28.4. The fourth-order valence-electron chi connectivity index (χ4n) is 6.57. The number of allylic oxidation sites excluding steroid dienone is 4. The molecule has 0 saturated heterocycles.